The zero-order valence-corrected chi connectivity index (χ0v) is 16.7. The molecule has 0 unspecified atom stereocenters. The second-order valence-corrected chi connectivity index (χ2v) is 7.95. The Morgan fingerprint density at radius 2 is 1.97 bits per heavy atom. The maximum atomic E-state index is 12.9. The topological polar surface area (TPSA) is 91.2 Å². The summed E-state index contributed by atoms with van der Waals surface area (Å²) in [4.78, 5) is 35.1. The van der Waals surface area contributed by atoms with Crippen LogP contribution in [0.4, 0.5) is 0 Å². The molecule has 7 nitrogen and oxygen atoms in total. The number of carbonyl (C=O) groups excluding carboxylic acids is 2. The molecule has 0 radical (unpaired) electrons. The Labute approximate surface area is 169 Å². The molecule has 29 heavy (non-hydrogen) atoms. The van der Waals surface area contributed by atoms with Gasteiger partial charge < -0.3 is 19.6 Å². The summed E-state index contributed by atoms with van der Waals surface area (Å²) in [6, 6.07) is 9.35. The SMILES string of the molecule is CC(C)[C@H](NC(=O)C1CCN(C(=O)c2ccoc2)CC1)c1nc2ccccc2[nH]1. The highest BCUT2D eigenvalue weighted by atomic mass is 16.3. The Morgan fingerprint density at radius 3 is 2.62 bits per heavy atom. The van der Waals surface area contributed by atoms with Crippen LogP contribution >= 0.6 is 0 Å². The molecule has 0 bridgehead atoms. The normalized spacial score (nSPS) is 16.3. The average molecular weight is 394 g/mol. The van der Waals surface area contributed by atoms with E-state index in [1.54, 1.807) is 11.0 Å². The maximum Gasteiger partial charge on any atom is 0.257 e. The number of hydrogen-bond donors (Lipinski definition) is 2. The number of benzene rings is 1. The number of para-hydroxylation sites is 2. The molecular formula is C22H26N4O3. The second-order valence-electron chi connectivity index (χ2n) is 7.95. The lowest BCUT2D eigenvalue weighted by molar-refractivity contribution is -0.127. The molecule has 0 saturated carbocycles. The summed E-state index contributed by atoms with van der Waals surface area (Å²) in [5, 5.41) is 3.18. The first-order valence-corrected chi connectivity index (χ1v) is 10.1. The molecule has 1 saturated heterocycles. The first-order chi connectivity index (χ1) is 14.0. The Balaban J connectivity index is 1.39. The molecule has 3 aromatic rings. The van der Waals surface area contributed by atoms with Crippen molar-refractivity contribution in [2.45, 2.75) is 32.7 Å². The number of nitrogens with one attached hydrogen (secondary N) is 2. The van der Waals surface area contributed by atoms with Crippen molar-refractivity contribution in [1.29, 1.82) is 0 Å². The van der Waals surface area contributed by atoms with Crippen molar-refractivity contribution in [3.63, 3.8) is 0 Å². The Bertz CT molecular complexity index is 952. The van der Waals surface area contributed by atoms with Crippen LogP contribution in [-0.2, 0) is 4.79 Å². The Kier molecular flexibility index (Phi) is 5.38. The van der Waals surface area contributed by atoms with Crippen LogP contribution < -0.4 is 5.32 Å². The third-order valence-electron chi connectivity index (χ3n) is 5.59. The Morgan fingerprint density at radius 1 is 1.21 bits per heavy atom. The summed E-state index contributed by atoms with van der Waals surface area (Å²) < 4.78 is 5.00. The number of hydrogen-bond acceptors (Lipinski definition) is 4. The molecule has 2 amide bonds. The average Bonchev–Trinajstić information content (AvgIpc) is 3.40. The molecule has 1 fully saturated rings. The predicted molar refractivity (Wildman–Crippen MR) is 109 cm³/mol. The molecule has 1 aliphatic heterocycles. The number of aromatic amines is 1. The summed E-state index contributed by atoms with van der Waals surface area (Å²) in [6.45, 7) is 5.28. The molecule has 152 valence electrons. The minimum atomic E-state index is -0.180. The highest BCUT2D eigenvalue weighted by Crippen LogP contribution is 2.25. The number of piperidine rings is 1. The molecule has 3 heterocycles. The van der Waals surface area contributed by atoms with Crippen molar-refractivity contribution in [3.8, 4) is 0 Å². The van der Waals surface area contributed by atoms with Crippen LogP contribution in [-0.4, -0.2) is 39.8 Å². The molecular weight excluding hydrogens is 368 g/mol. The van der Waals surface area contributed by atoms with Gasteiger partial charge in [-0.1, -0.05) is 26.0 Å². The van der Waals surface area contributed by atoms with Gasteiger partial charge in [0.15, 0.2) is 0 Å². The van der Waals surface area contributed by atoms with Gasteiger partial charge in [-0.3, -0.25) is 9.59 Å². The lowest BCUT2D eigenvalue weighted by Crippen LogP contribution is -2.44. The zero-order chi connectivity index (χ0) is 20.4. The van der Waals surface area contributed by atoms with E-state index in [1.807, 2.05) is 24.3 Å². The van der Waals surface area contributed by atoms with Crippen molar-refractivity contribution in [1.82, 2.24) is 20.2 Å². The van der Waals surface area contributed by atoms with Crippen LogP contribution in [0.25, 0.3) is 11.0 Å². The van der Waals surface area contributed by atoms with Crippen LogP contribution in [0.2, 0.25) is 0 Å². The van der Waals surface area contributed by atoms with Crippen molar-refractivity contribution in [2.75, 3.05) is 13.1 Å². The van der Waals surface area contributed by atoms with E-state index in [0.717, 1.165) is 16.9 Å². The van der Waals surface area contributed by atoms with Crippen LogP contribution in [0.5, 0.6) is 0 Å². The number of rotatable bonds is 5. The number of amides is 2. The van der Waals surface area contributed by atoms with Crippen LogP contribution in [0.3, 0.4) is 0 Å². The second kappa shape index (κ2) is 8.11. The van der Waals surface area contributed by atoms with E-state index in [-0.39, 0.29) is 29.7 Å². The molecule has 7 heteroatoms. The fourth-order valence-electron chi connectivity index (χ4n) is 3.86. The lowest BCUT2D eigenvalue weighted by atomic mass is 9.94. The molecule has 0 aliphatic carbocycles. The third kappa shape index (κ3) is 4.04. The van der Waals surface area contributed by atoms with Crippen LogP contribution in [0.15, 0.2) is 47.3 Å². The van der Waals surface area contributed by atoms with E-state index in [9.17, 15) is 9.59 Å². The van der Waals surface area contributed by atoms with Gasteiger partial charge in [-0.2, -0.15) is 0 Å². The van der Waals surface area contributed by atoms with Crippen molar-refractivity contribution in [3.05, 3.63) is 54.2 Å². The van der Waals surface area contributed by atoms with Crippen LogP contribution in [0, 0.1) is 11.8 Å². The monoisotopic (exact) mass is 394 g/mol. The minimum Gasteiger partial charge on any atom is -0.472 e. The van der Waals surface area contributed by atoms with Crippen LogP contribution in [0.1, 0.15) is 48.9 Å². The van der Waals surface area contributed by atoms with E-state index >= 15 is 0 Å². The highest BCUT2D eigenvalue weighted by molar-refractivity contribution is 5.94. The van der Waals surface area contributed by atoms with Crippen molar-refractivity contribution in [2.24, 2.45) is 11.8 Å². The van der Waals surface area contributed by atoms with E-state index < -0.39 is 0 Å². The number of fused-ring (bicyclic) bond motifs is 1. The number of nitrogens with zero attached hydrogens (tertiary/aromatic N) is 2. The number of carbonyl (C=O) groups is 2. The lowest BCUT2D eigenvalue weighted by Gasteiger charge is -2.32. The maximum absolute atomic E-state index is 12.9. The Hall–Kier alpha value is -3.09. The number of H-pyrrole nitrogens is 1. The van der Waals surface area contributed by atoms with E-state index in [2.05, 4.69) is 29.1 Å². The zero-order valence-electron chi connectivity index (χ0n) is 16.7. The summed E-state index contributed by atoms with van der Waals surface area (Å²) >= 11 is 0. The molecule has 4 rings (SSSR count). The molecule has 0 spiro atoms. The standard InChI is InChI=1S/C22H26N4O3/c1-14(2)19(20-23-17-5-3-4-6-18(17)24-20)25-21(27)15-7-10-26(11-8-15)22(28)16-9-12-29-13-16/h3-6,9,12-15,19H,7-8,10-11H2,1-2H3,(H,23,24)(H,25,27)/t19-/m0/s1. The molecule has 2 N–H and O–H groups in total. The van der Waals surface area contributed by atoms with E-state index in [0.29, 0.717) is 31.5 Å². The van der Waals surface area contributed by atoms with Gasteiger partial charge in [-0.25, -0.2) is 4.98 Å². The van der Waals surface area contributed by atoms with Crippen molar-refractivity contribution >= 4 is 22.8 Å². The number of aromatic nitrogens is 2. The molecule has 1 atom stereocenters. The first kappa shape index (κ1) is 19.2. The number of furan rings is 1. The van der Waals surface area contributed by atoms with E-state index in [4.69, 9.17) is 4.42 Å². The quantitative estimate of drug-likeness (QED) is 0.693. The minimum absolute atomic E-state index is 0.0274. The van der Waals surface area contributed by atoms with Gasteiger partial charge in [0.1, 0.15) is 12.1 Å². The smallest absolute Gasteiger partial charge is 0.257 e. The third-order valence-corrected chi connectivity index (χ3v) is 5.59. The molecule has 2 aromatic heterocycles. The van der Waals surface area contributed by atoms with Gasteiger partial charge in [-0.05, 0) is 37.0 Å². The molecule has 1 aromatic carbocycles. The van der Waals surface area contributed by atoms with Gasteiger partial charge in [-0.15, -0.1) is 0 Å². The van der Waals surface area contributed by atoms with E-state index in [1.165, 1.54) is 12.5 Å². The fourth-order valence-corrected chi connectivity index (χ4v) is 3.86. The number of likely N-dealkylation sites (tertiary alicyclic amines) is 1. The summed E-state index contributed by atoms with van der Waals surface area (Å²) in [6.07, 6.45) is 4.26. The first-order valence-electron chi connectivity index (χ1n) is 10.1. The van der Waals surface area contributed by atoms with Crippen molar-refractivity contribution < 1.29 is 14.0 Å². The van der Waals surface area contributed by atoms with Gasteiger partial charge in [0, 0.05) is 19.0 Å². The highest BCUT2D eigenvalue weighted by Gasteiger charge is 2.30. The fraction of sp³-hybridized carbons (Fsp3) is 0.409. The van der Waals surface area contributed by atoms with Gasteiger partial charge in [0.05, 0.1) is 28.9 Å². The summed E-state index contributed by atoms with van der Waals surface area (Å²) in [7, 11) is 0. The molecule has 1 aliphatic rings. The van der Waals surface area contributed by atoms with Gasteiger partial charge in [0.2, 0.25) is 5.91 Å². The largest absolute Gasteiger partial charge is 0.472 e. The predicted octanol–water partition coefficient (Wildman–Crippen LogP) is 3.52. The van der Waals surface area contributed by atoms with Gasteiger partial charge >= 0.3 is 0 Å². The number of imidazole rings is 1. The van der Waals surface area contributed by atoms with Gasteiger partial charge in [0.25, 0.3) is 5.91 Å². The summed E-state index contributed by atoms with van der Waals surface area (Å²) in [5.41, 5.74) is 2.42. The summed E-state index contributed by atoms with van der Waals surface area (Å²) in [5.74, 6) is 0.859.